The van der Waals surface area contributed by atoms with Gasteiger partial charge in [-0.15, -0.1) is 0 Å². The second-order valence-corrected chi connectivity index (χ2v) is 11.7. The lowest BCUT2D eigenvalue weighted by molar-refractivity contribution is 1.18. The molecule has 0 amide bonds. The number of benzene rings is 5. The van der Waals surface area contributed by atoms with Gasteiger partial charge in [-0.05, 0) is 77.6 Å². The third-order valence-electron chi connectivity index (χ3n) is 8.37. The van der Waals surface area contributed by atoms with E-state index in [1.807, 2.05) is 62.4 Å². The Hall–Kier alpha value is -6.00. The number of hydrogen-bond acceptors (Lipinski definition) is 4. The van der Waals surface area contributed by atoms with Gasteiger partial charge < -0.3 is 0 Å². The first-order chi connectivity index (χ1) is 23.0. The zero-order chi connectivity index (χ0) is 32.2. The van der Waals surface area contributed by atoms with Crippen molar-refractivity contribution in [2.45, 2.75) is 20.8 Å². The number of hydrogen-bond donors (Lipinski definition) is 0. The van der Waals surface area contributed by atoms with E-state index in [4.69, 9.17) is 15.0 Å². The van der Waals surface area contributed by atoms with E-state index in [1.165, 1.54) is 5.56 Å². The van der Waals surface area contributed by atoms with Crippen LogP contribution in [-0.4, -0.2) is 20.7 Å². The Balaban J connectivity index is 1.44. The van der Waals surface area contributed by atoms with E-state index in [1.54, 1.807) is 6.20 Å². The van der Waals surface area contributed by atoms with Crippen LogP contribution in [0.5, 0.6) is 0 Å². The van der Waals surface area contributed by atoms with Crippen molar-refractivity contribution in [2.24, 2.45) is 4.99 Å². The minimum absolute atomic E-state index is 0.701. The van der Waals surface area contributed by atoms with E-state index in [0.717, 1.165) is 72.6 Å². The Labute approximate surface area is 275 Å². The third-order valence-corrected chi connectivity index (χ3v) is 8.37. The molecule has 0 aliphatic carbocycles. The number of fused-ring (bicyclic) bond motifs is 1. The predicted molar refractivity (Wildman–Crippen MR) is 196 cm³/mol. The van der Waals surface area contributed by atoms with Crippen molar-refractivity contribution in [3.8, 4) is 33.9 Å². The molecule has 0 N–H and O–H groups in total. The highest BCUT2D eigenvalue weighted by molar-refractivity contribution is 6.10. The van der Waals surface area contributed by atoms with Gasteiger partial charge in [0.15, 0.2) is 11.6 Å². The molecule has 0 bridgehead atoms. The van der Waals surface area contributed by atoms with Gasteiger partial charge in [0.2, 0.25) is 0 Å². The van der Waals surface area contributed by atoms with E-state index in [-0.39, 0.29) is 0 Å². The van der Waals surface area contributed by atoms with E-state index < -0.39 is 0 Å². The molecule has 2 heterocycles. The van der Waals surface area contributed by atoms with E-state index in [0.29, 0.717) is 5.82 Å². The number of rotatable bonds is 7. The minimum atomic E-state index is 0.701. The zero-order valence-corrected chi connectivity index (χ0v) is 26.7. The van der Waals surface area contributed by atoms with Crippen LogP contribution < -0.4 is 0 Å². The molecule has 0 spiro atoms. The lowest BCUT2D eigenvalue weighted by atomic mass is 9.88. The SMILES string of the molecule is CC(/C=C(\c1ccccc1C)c1ccc(-c2cc(-c3ccccc3)nc(-c3ccccc3)n2)c2ccccc12)=N\c1ncccc1C. The van der Waals surface area contributed by atoms with Gasteiger partial charge in [-0.2, -0.15) is 0 Å². The highest BCUT2D eigenvalue weighted by Gasteiger charge is 2.17. The van der Waals surface area contributed by atoms with Crippen molar-refractivity contribution in [2.75, 3.05) is 0 Å². The van der Waals surface area contributed by atoms with Gasteiger partial charge in [0.1, 0.15) is 0 Å². The summed E-state index contributed by atoms with van der Waals surface area (Å²) in [7, 11) is 0. The van der Waals surface area contributed by atoms with E-state index in [9.17, 15) is 0 Å². The molecule has 0 aliphatic rings. The van der Waals surface area contributed by atoms with Crippen molar-refractivity contribution >= 4 is 27.9 Å². The molecule has 0 saturated heterocycles. The molecule has 226 valence electrons. The summed E-state index contributed by atoms with van der Waals surface area (Å²) in [4.78, 5) is 19.6. The van der Waals surface area contributed by atoms with Gasteiger partial charge in [-0.3, -0.25) is 0 Å². The topological polar surface area (TPSA) is 51.0 Å². The molecule has 0 atom stereocenters. The van der Waals surface area contributed by atoms with Crippen LogP contribution in [0.2, 0.25) is 0 Å². The Kier molecular flexibility index (Phi) is 8.31. The van der Waals surface area contributed by atoms with Crippen molar-refractivity contribution in [3.63, 3.8) is 0 Å². The van der Waals surface area contributed by atoms with Gasteiger partial charge >= 0.3 is 0 Å². The van der Waals surface area contributed by atoms with E-state index in [2.05, 4.69) is 109 Å². The van der Waals surface area contributed by atoms with Gasteiger partial charge in [-0.1, -0.05) is 127 Å². The molecule has 0 radical (unpaired) electrons. The average molecular weight is 607 g/mol. The molecular weight excluding hydrogens is 573 g/mol. The highest BCUT2D eigenvalue weighted by atomic mass is 14.9. The monoisotopic (exact) mass is 606 g/mol. The zero-order valence-electron chi connectivity index (χ0n) is 26.7. The largest absolute Gasteiger partial charge is 0.237 e. The van der Waals surface area contributed by atoms with Crippen molar-refractivity contribution in [1.82, 2.24) is 15.0 Å². The summed E-state index contributed by atoms with van der Waals surface area (Å²) in [5, 5.41) is 2.26. The number of allylic oxidation sites excluding steroid dienone is 1. The molecule has 4 nitrogen and oxygen atoms in total. The quantitative estimate of drug-likeness (QED) is 0.170. The summed E-state index contributed by atoms with van der Waals surface area (Å²) in [6.45, 7) is 6.24. The van der Waals surface area contributed by atoms with Crippen LogP contribution in [0.3, 0.4) is 0 Å². The number of pyridine rings is 1. The summed E-state index contributed by atoms with van der Waals surface area (Å²) in [6.07, 6.45) is 3.97. The maximum atomic E-state index is 5.15. The van der Waals surface area contributed by atoms with Gasteiger partial charge in [0.25, 0.3) is 0 Å². The Morgan fingerprint density at radius 3 is 1.96 bits per heavy atom. The van der Waals surface area contributed by atoms with Crippen LogP contribution in [0.4, 0.5) is 5.82 Å². The van der Waals surface area contributed by atoms with Crippen LogP contribution in [0.1, 0.15) is 29.2 Å². The van der Waals surface area contributed by atoms with Crippen molar-refractivity contribution in [3.05, 3.63) is 174 Å². The Morgan fingerprint density at radius 2 is 1.21 bits per heavy atom. The molecule has 0 fully saturated rings. The standard InChI is InChI=1S/C43H34N4/c1-29-15-10-11-21-34(29)39(27-31(3)45-42-30(2)16-14-26-44-42)37-24-25-38(36-23-13-12-22-35(36)37)41-28-40(32-17-6-4-7-18-32)46-43(47-41)33-19-8-5-9-20-33/h4-28H,1-3H3/b39-27+,45-31+. The van der Waals surface area contributed by atoms with Gasteiger partial charge in [0, 0.05) is 28.6 Å². The van der Waals surface area contributed by atoms with E-state index >= 15 is 0 Å². The lowest BCUT2D eigenvalue weighted by Gasteiger charge is -2.17. The molecule has 0 saturated carbocycles. The van der Waals surface area contributed by atoms with Crippen LogP contribution in [0.25, 0.3) is 50.2 Å². The van der Waals surface area contributed by atoms with Crippen molar-refractivity contribution in [1.29, 1.82) is 0 Å². The fraction of sp³-hybridized carbons (Fsp3) is 0.0698. The predicted octanol–water partition coefficient (Wildman–Crippen LogP) is 10.9. The number of nitrogens with zero attached hydrogens (tertiary/aromatic N) is 4. The van der Waals surface area contributed by atoms with Gasteiger partial charge in [-0.25, -0.2) is 19.9 Å². The lowest BCUT2D eigenvalue weighted by Crippen LogP contribution is -1.99. The number of aromatic nitrogens is 3. The first kappa shape index (κ1) is 29.7. The summed E-state index contributed by atoms with van der Waals surface area (Å²) < 4.78 is 0. The fourth-order valence-corrected chi connectivity index (χ4v) is 5.99. The second-order valence-electron chi connectivity index (χ2n) is 11.7. The summed E-state index contributed by atoms with van der Waals surface area (Å²) in [5.41, 5.74) is 11.4. The fourth-order valence-electron chi connectivity index (χ4n) is 5.99. The summed E-state index contributed by atoms with van der Waals surface area (Å²) in [6, 6.07) is 48.1. The van der Waals surface area contributed by atoms with Crippen LogP contribution >= 0.6 is 0 Å². The van der Waals surface area contributed by atoms with Crippen LogP contribution in [0.15, 0.2) is 157 Å². The molecule has 47 heavy (non-hydrogen) atoms. The Morgan fingerprint density at radius 1 is 0.574 bits per heavy atom. The summed E-state index contributed by atoms with van der Waals surface area (Å²) in [5.74, 6) is 1.44. The second kappa shape index (κ2) is 13.2. The number of aliphatic imine (C=N–C) groups is 1. The van der Waals surface area contributed by atoms with Crippen LogP contribution in [-0.2, 0) is 0 Å². The molecule has 2 aromatic heterocycles. The average Bonchev–Trinajstić information content (AvgIpc) is 3.12. The van der Waals surface area contributed by atoms with Crippen LogP contribution in [0, 0.1) is 13.8 Å². The molecule has 5 aromatic carbocycles. The maximum Gasteiger partial charge on any atom is 0.160 e. The minimum Gasteiger partial charge on any atom is -0.237 e. The van der Waals surface area contributed by atoms with Gasteiger partial charge in [0.05, 0.1) is 11.4 Å². The third kappa shape index (κ3) is 6.27. The molecule has 7 aromatic rings. The molecule has 0 aliphatic heterocycles. The molecule has 4 heteroatoms. The van der Waals surface area contributed by atoms with Crippen molar-refractivity contribution < 1.29 is 0 Å². The normalized spacial score (nSPS) is 12.0. The highest BCUT2D eigenvalue weighted by Crippen LogP contribution is 2.38. The number of aryl methyl sites for hydroxylation is 2. The molecule has 7 rings (SSSR count). The smallest absolute Gasteiger partial charge is 0.160 e. The molecular formula is C43H34N4. The Bertz CT molecular complexity index is 2210. The molecule has 0 unspecified atom stereocenters. The first-order valence-electron chi connectivity index (χ1n) is 15.8. The first-order valence-corrected chi connectivity index (χ1v) is 15.8. The maximum absolute atomic E-state index is 5.15. The summed E-state index contributed by atoms with van der Waals surface area (Å²) >= 11 is 0.